The van der Waals surface area contributed by atoms with E-state index in [4.69, 9.17) is 4.74 Å². The first-order valence-electron chi connectivity index (χ1n) is 6.34. The minimum Gasteiger partial charge on any atom is -0.363 e. The van der Waals surface area contributed by atoms with Gasteiger partial charge >= 0.3 is 0 Å². The Morgan fingerprint density at radius 2 is 2.00 bits per heavy atom. The number of amides is 1. The molecule has 2 aliphatic rings. The van der Waals surface area contributed by atoms with Crippen LogP contribution >= 0.6 is 0 Å². The molecule has 2 heterocycles. The van der Waals surface area contributed by atoms with Crippen LogP contribution in [0, 0.1) is 0 Å². The first-order valence-corrected chi connectivity index (χ1v) is 6.34. The van der Waals surface area contributed by atoms with Gasteiger partial charge in [0.25, 0.3) is 5.91 Å². The summed E-state index contributed by atoms with van der Waals surface area (Å²) in [5, 5.41) is 0. The van der Waals surface area contributed by atoms with Crippen molar-refractivity contribution in [2.45, 2.75) is 25.4 Å². The monoisotopic (exact) mass is 231 g/mol. The second kappa shape index (κ2) is 4.49. The lowest BCUT2D eigenvalue weighted by Gasteiger charge is -2.28. The van der Waals surface area contributed by atoms with Crippen LogP contribution in [0.15, 0.2) is 24.3 Å². The standard InChI is InChI=1S/C14H17NO2/c16-14(15-8-3-4-9-15)13-12-6-2-1-5-11(12)7-10-17-13/h1-2,5-6,13H,3-4,7-10H2/t13-/m1/s1. The van der Waals surface area contributed by atoms with Gasteiger partial charge in [-0.15, -0.1) is 0 Å². The molecule has 0 spiro atoms. The minimum absolute atomic E-state index is 0.148. The van der Waals surface area contributed by atoms with Crippen molar-refractivity contribution in [3.63, 3.8) is 0 Å². The zero-order valence-corrected chi connectivity index (χ0v) is 9.89. The highest BCUT2D eigenvalue weighted by Crippen LogP contribution is 2.29. The third-order valence-electron chi connectivity index (χ3n) is 3.64. The lowest BCUT2D eigenvalue weighted by Crippen LogP contribution is -2.36. The summed E-state index contributed by atoms with van der Waals surface area (Å²) in [5.41, 5.74) is 2.33. The number of rotatable bonds is 1. The van der Waals surface area contributed by atoms with E-state index in [-0.39, 0.29) is 12.0 Å². The van der Waals surface area contributed by atoms with Crippen LogP contribution < -0.4 is 0 Å². The maximum atomic E-state index is 12.4. The van der Waals surface area contributed by atoms with Crippen LogP contribution in [-0.4, -0.2) is 30.5 Å². The molecule has 1 saturated heterocycles. The average Bonchev–Trinajstić information content (AvgIpc) is 2.91. The van der Waals surface area contributed by atoms with Crippen molar-refractivity contribution >= 4 is 5.91 Å². The number of hydrogen-bond acceptors (Lipinski definition) is 2. The topological polar surface area (TPSA) is 29.5 Å². The molecule has 0 bridgehead atoms. The van der Waals surface area contributed by atoms with Gasteiger partial charge in [0.1, 0.15) is 0 Å². The summed E-state index contributed by atoms with van der Waals surface area (Å²) in [6.07, 6.45) is 2.80. The number of benzene rings is 1. The molecule has 1 aromatic carbocycles. The fourth-order valence-electron chi connectivity index (χ4n) is 2.70. The van der Waals surface area contributed by atoms with Crippen molar-refractivity contribution in [2.75, 3.05) is 19.7 Å². The molecule has 0 saturated carbocycles. The fourth-order valence-corrected chi connectivity index (χ4v) is 2.70. The van der Waals surface area contributed by atoms with E-state index in [9.17, 15) is 4.79 Å². The third kappa shape index (κ3) is 1.95. The largest absolute Gasteiger partial charge is 0.363 e. The molecule has 17 heavy (non-hydrogen) atoms. The molecule has 0 aromatic heterocycles. The molecule has 3 heteroatoms. The zero-order chi connectivity index (χ0) is 11.7. The van der Waals surface area contributed by atoms with Crippen molar-refractivity contribution in [1.29, 1.82) is 0 Å². The zero-order valence-electron chi connectivity index (χ0n) is 9.89. The van der Waals surface area contributed by atoms with Crippen LogP contribution in [0.3, 0.4) is 0 Å². The van der Waals surface area contributed by atoms with Crippen LogP contribution in [0.25, 0.3) is 0 Å². The summed E-state index contributed by atoms with van der Waals surface area (Å²) in [6.45, 7) is 2.43. The van der Waals surface area contributed by atoms with Crippen LogP contribution in [0.4, 0.5) is 0 Å². The van der Waals surface area contributed by atoms with Gasteiger partial charge in [-0.25, -0.2) is 0 Å². The number of ether oxygens (including phenoxy) is 1. The van der Waals surface area contributed by atoms with E-state index in [2.05, 4.69) is 6.07 Å². The van der Waals surface area contributed by atoms with E-state index < -0.39 is 0 Å². The molecule has 2 aliphatic heterocycles. The summed E-state index contributed by atoms with van der Waals surface area (Å²) in [5.74, 6) is 0.148. The van der Waals surface area contributed by atoms with Crippen molar-refractivity contribution in [1.82, 2.24) is 4.90 Å². The molecule has 0 N–H and O–H groups in total. The Kier molecular flexibility index (Phi) is 2.85. The van der Waals surface area contributed by atoms with E-state index in [0.29, 0.717) is 6.61 Å². The van der Waals surface area contributed by atoms with Gasteiger partial charge in [0.2, 0.25) is 0 Å². The van der Waals surface area contributed by atoms with Crippen molar-refractivity contribution in [3.8, 4) is 0 Å². The molecule has 1 amide bonds. The molecule has 1 atom stereocenters. The average molecular weight is 231 g/mol. The highest BCUT2D eigenvalue weighted by molar-refractivity contribution is 5.83. The van der Waals surface area contributed by atoms with E-state index in [1.807, 2.05) is 23.1 Å². The van der Waals surface area contributed by atoms with Gasteiger partial charge in [0.05, 0.1) is 6.61 Å². The smallest absolute Gasteiger partial charge is 0.256 e. The second-order valence-electron chi connectivity index (χ2n) is 4.73. The number of likely N-dealkylation sites (tertiary alicyclic amines) is 1. The van der Waals surface area contributed by atoms with Crippen LogP contribution in [0.5, 0.6) is 0 Å². The van der Waals surface area contributed by atoms with Crippen molar-refractivity contribution in [3.05, 3.63) is 35.4 Å². The Balaban J connectivity index is 1.86. The van der Waals surface area contributed by atoms with Crippen molar-refractivity contribution in [2.24, 2.45) is 0 Å². The quantitative estimate of drug-likeness (QED) is 0.739. The Morgan fingerprint density at radius 1 is 1.24 bits per heavy atom. The van der Waals surface area contributed by atoms with Gasteiger partial charge in [-0.3, -0.25) is 4.79 Å². The molecule has 3 rings (SSSR count). The Hall–Kier alpha value is -1.35. The minimum atomic E-state index is -0.363. The number of nitrogens with zero attached hydrogens (tertiary/aromatic N) is 1. The molecular formula is C14H17NO2. The van der Waals surface area contributed by atoms with E-state index in [1.54, 1.807) is 0 Å². The molecule has 3 nitrogen and oxygen atoms in total. The number of carbonyl (C=O) groups excluding carboxylic acids is 1. The second-order valence-corrected chi connectivity index (χ2v) is 4.73. The predicted octanol–water partition coefficient (Wildman–Crippen LogP) is 1.92. The summed E-state index contributed by atoms with van der Waals surface area (Å²) in [4.78, 5) is 14.3. The molecule has 0 radical (unpaired) electrons. The summed E-state index contributed by atoms with van der Waals surface area (Å²) in [6, 6.07) is 8.13. The molecular weight excluding hydrogens is 214 g/mol. The van der Waals surface area contributed by atoms with Crippen LogP contribution in [0.2, 0.25) is 0 Å². The maximum absolute atomic E-state index is 12.4. The van der Waals surface area contributed by atoms with E-state index in [1.165, 1.54) is 5.56 Å². The summed E-state index contributed by atoms with van der Waals surface area (Å²) >= 11 is 0. The van der Waals surface area contributed by atoms with Crippen molar-refractivity contribution < 1.29 is 9.53 Å². The first kappa shape index (κ1) is 10.8. The fraction of sp³-hybridized carbons (Fsp3) is 0.500. The Labute approximate surface area is 101 Å². The maximum Gasteiger partial charge on any atom is 0.256 e. The van der Waals surface area contributed by atoms with Crippen LogP contribution in [-0.2, 0) is 16.0 Å². The van der Waals surface area contributed by atoms with Gasteiger partial charge in [0, 0.05) is 13.1 Å². The molecule has 0 aliphatic carbocycles. The summed E-state index contributed by atoms with van der Waals surface area (Å²) < 4.78 is 5.69. The SMILES string of the molecule is O=C([C@@H]1OCCc2ccccc21)N1CCCC1. The first-order chi connectivity index (χ1) is 8.36. The highest BCUT2D eigenvalue weighted by Gasteiger charge is 2.31. The number of fused-ring (bicyclic) bond motifs is 1. The molecule has 1 aromatic rings. The van der Waals surface area contributed by atoms with Crippen LogP contribution in [0.1, 0.15) is 30.1 Å². The van der Waals surface area contributed by atoms with Gasteiger partial charge in [0.15, 0.2) is 6.10 Å². The van der Waals surface area contributed by atoms with Gasteiger partial charge in [-0.2, -0.15) is 0 Å². The third-order valence-corrected chi connectivity index (χ3v) is 3.64. The normalized spacial score (nSPS) is 23.5. The Morgan fingerprint density at radius 3 is 2.82 bits per heavy atom. The number of carbonyl (C=O) groups is 1. The van der Waals surface area contributed by atoms with Gasteiger partial charge in [-0.05, 0) is 30.4 Å². The van der Waals surface area contributed by atoms with Gasteiger partial charge < -0.3 is 9.64 Å². The highest BCUT2D eigenvalue weighted by atomic mass is 16.5. The Bertz CT molecular complexity index is 424. The van der Waals surface area contributed by atoms with E-state index >= 15 is 0 Å². The predicted molar refractivity (Wildman–Crippen MR) is 64.7 cm³/mol. The summed E-state index contributed by atoms with van der Waals surface area (Å²) in [7, 11) is 0. The van der Waals surface area contributed by atoms with E-state index in [0.717, 1.165) is 37.9 Å². The lowest BCUT2D eigenvalue weighted by atomic mass is 9.97. The molecule has 1 fully saturated rings. The lowest BCUT2D eigenvalue weighted by molar-refractivity contribution is -0.144. The number of hydrogen-bond donors (Lipinski definition) is 0. The molecule has 0 unspecified atom stereocenters. The van der Waals surface area contributed by atoms with Gasteiger partial charge in [-0.1, -0.05) is 24.3 Å². The molecule has 90 valence electrons.